The molecule has 0 saturated carbocycles. The van der Waals surface area contributed by atoms with Gasteiger partial charge in [-0.05, 0) is 42.8 Å². The first-order chi connectivity index (χ1) is 16.2. The van der Waals surface area contributed by atoms with Crippen molar-refractivity contribution in [1.82, 2.24) is 19.3 Å². The van der Waals surface area contributed by atoms with E-state index < -0.39 is 17.8 Å². The van der Waals surface area contributed by atoms with Gasteiger partial charge in [0.15, 0.2) is 0 Å². The van der Waals surface area contributed by atoms with Crippen LogP contribution in [0, 0.1) is 0 Å². The number of rotatable bonds is 4. The lowest BCUT2D eigenvalue weighted by Crippen LogP contribution is -2.48. The van der Waals surface area contributed by atoms with E-state index in [2.05, 4.69) is 15.3 Å². The zero-order valence-electron chi connectivity index (χ0n) is 18.7. The molecule has 1 amide bonds. The van der Waals surface area contributed by atoms with Gasteiger partial charge in [0.05, 0.1) is 17.6 Å². The highest BCUT2D eigenvalue weighted by Gasteiger charge is 2.31. The summed E-state index contributed by atoms with van der Waals surface area (Å²) in [5, 5.41) is 4.07. The van der Waals surface area contributed by atoms with Crippen molar-refractivity contribution in [2.75, 3.05) is 36.9 Å². The number of imidazole rings is 1. The largest absolute Gasteiger partial charge is 0.416 e. The molecule has 1 aliphatic heterocycles. The first-order valence-electron chi connectivity index (χ1n) is 10.9. The van der Waals surface area contributed by atoms with Crippen LogP contribution in [0.1, 0.15) is 24.1 Å². The Morgan fingerprint density at radius 1 is 1.12 bits per heavy atom. The summed E-state index contributed by atoms with van der Waals surface area (Å²) in [6.07, 6.45) is -0.956. The number of aromatic nitrogens is 3. The summed E-state index contributed by atoms with van der Waals surface area (Å²) in [5.74, 6) is 1.04. The van der Waals surface area contributed by atoms with Crippen LogP contribution in [0.3, 0.4) is 0 Å². The number of halogens is 3. The molecule has 10 heteroatoms. The number of nitrogens with one attached hydrogen (secondary N) is 1. The van der Waals surface area contributed by atoms with E-state index in [0.717, 1.165) is 28.7 Å². The van der Waals surface area contributed by atoms with Crippen molar-refractivity contribution in [3.63, 3.8) is 0 Å². The maximum Gasteiger partial charge on any atom is 0.416 e. The molecule has 0 spiro atoms. The van der Waals surface area contributed by atoms with Crippen molar-refractivity contribution in [3.8, 4) is 0 Å². The van der Waals surface area contributed by atoms with Gasteiger partial charge in [0.25, 0.3) is 0 Å². The predicted molar refractivity (Wildman–Crippen MR) is 124 cm³/mol. The van der Waals surface area contributed by atoms with Crippen LogP contribution in [-0.2, 0) is 11.0 Å². The van der Waals surface area contributed by atoms with Crippen molar-refractivity contribution >= 4 is 34.1 Å². The van der Waals surface area contributed by atoms with Gasteiger partial charge in [-0.1, -0.05) is 12.1 Å². The predicted octanol–water partition coefficient (Wildman–Crippen LogP) is 4.35. The lowest BCUT2D eigenvalue weighted by Gasteiger charge is -2.33. The number of likely N-dealkylation sites (N-methyl/N-ethyl adjacent to an activating group) is 1. The van der Waals surface area contributed by atoms with Gasteiger partial charge in [0.1, 0.15) is 5.82 Å². The van der Waals surface area contributed by atoms with Crippen LogP contribution in [0.15, 0.2) is 54.9 Å². The van der Waals surface area contributed by atoms with Crippen molar-refractivity contribution in [3.05, 3.63) is 66.0 Å². The van der Waals surface area contributed by atoms with E-state index in [9.17, 15) is 18.0 Å². The van der Waals surface area contributed by atoms with E-state index in [-0.39, 0.29) is 12.5 Å². The Morgan fingerprint density at radius 3 is 2.71 bits per heavy atom. The highest BCUT2D eigenvalue weighted by Crippen LogP contribution is 2.33. The molecule has 1 fully saturated rings. The molecule has 2 aromatic heterocycles. The molecule has 5 rings (SSSR count). The van der Waals surface area contributed by atoms with Crippen LogP contribution in [0.4, 0.5) is 24.7 Å². The Hall–Kier alpha value is -3.82. The molecule has 1 unspecified atom stereocenters. The van der Waals surface area contributed by atoms with E-state index >= 15 is 0 Å². The number of carbonyl (C=O) groups excluding carboxylic acids is 1. The normalized spacial score (nSPS) is 15.9. The Balaban J connectivity index is 1.54. The quantitative estimate of drug-likeness (QED) is 0.482. The van der Waals surface area contributed by atoms with Crippen LogP contribution in [-0.4, -0.2) is 51.9 Å². The summed E-state index contributed by atoms with van der Waals surface area (Å²) in [4.78, 5) is 24.9. The summed E-state index contributed by atoms with van der Waals surface area (Å²) < 4.78 is 41.5. The molecule has 3 heterocycles. The Labute approximate surface area is 193 Å². The first-order valence-corrected chi connectivity index (χ1v) is 10.9. The number of anilines is 2. The van der Waals surface area contributed by atoms with Crippen molar-refractivity contribution in [2.45, 2.75) is 19.1 Å². The highest BCUT2D eigenvalue weighted by atomic mass is 19.4. The van der Waals surface area contributed by atoms with Gasteiger partial charge >= 0.3 is 6.18 Å². The summed E-state index contributed by atoms with van der Waals surface area (Å²) >= 11 is 0. The van der Waals surface area contributed by atoms with Gasteiger partial charge in [-0.25, -0.2) is 4.98 Å². The van der Waals surface area contributed by atoms with Gasteiger partial charge < -0.3 is 15.1 Å². The number of piperazine rings is 1. The van der Waals surface area contributed by atoms with Gasteiger partial charge in [-0.15, -0.1) is 0 Å². The van der Waals surface area contributed by atoms with Gasteiger partial charge in [-0.2, -0.15) is 18.2 Å². The van der Waals surface area contributed by atoms with Crippen LogP contribution >= 0.6 is 0 Å². The standard InChI is InChI=1S/C24H23F3N6O/c1-15(16-4-3-5-17(12-16)24(25,26)27)29-22-19-13-18(32-11-10-31(2)21(34)14-32)6-7-20(19)33-9-8-28-23(33)30-22/h3-9,12-13,15H,10-11,14H2,1-2H3,(H,28,29,30). The van der Waals surface area contributed by atoms with Crippen LogP contribution in [0.25, 0.3) is 16.7 Å². The average Bonchev–Trinajstić information content (AvgIpc) is 3.29. The van der Waals surface area contributed by atoms with Crippen LogP contribution in [0.2, 0.25) is 0 Å². The van der Waals surface area contributed by atoms with E-state index in [4.69, 9.17) is 0 Å². The Bertz CT molecular complexity index is 1380. The molecule has 2 aromatic carbocycles. The second-order valence-corrected chi connectivity index (χ2v) is 8.49. The number of benzene rings is 2. The topological polar surface area (TPSA) is 65.8 Å². The summed E-state index contributed by atoms with van der Waals surface area (Å²) in [7, 11) is 1.79. The number of carbonyl (C=O) groups is 1. The number of nitrogens with zero attached hydrogens (tertiary/aromatic N) is 5. The molecule has 1 saturated heterocycles. The molecule has 1 atom stereocenters. The molecule has 34 heavy (non-hydrogen) atoms. The molecule has 176 valence electrons. The second-order valence-electron chi connectivity index (χ2n) is 8.49. The minimum Gasteiger partial charge on any atom is -0.363 e. The zero-order valence-corrected chi connectivity index (χ0v) is 18.7. The van der Waals surface area contributed by atoms with E-state index in [1.807, 2.05) is 33.7 Å². The smallest absolute Gasteiger partial charge is 0.363 e. The third kappa shape index (κ3) is 4.00. The third-order valence-electron chi connectivity index (χ3n) is 6.22. The van der Waals surface area contributed by atoms with E-state index in [1.165, 1.54) is 6.07 Å². The van der Waals surface area contributed by atoms with Crippen LogP contribution in [0.5, 0.6) is 0 Å². The van der Waals surface area contributed by atoms with Crippen molar-refractivity contribution in [1.29, 1.82) is 0 Å². The lowest BCUT2D eigenvalue weighted by molar-refractivity contribution is -0.137. The Kier molecular flexibility index (Phi) is 5.30. The number of alkyl halides is 3. The SMILES string of the molecule is CC(Nc1nc2nccn2c2ccc(N3CCN(C)C(=O)C3)cc12)c1cccc(C(F)(F)F)c1. The fourth-order valence-corrected chi connectivity index (χ4v) is 4.21. The maximum atomic E-state index is 13.2. The number of hydrogen-bond acceptors (Lipinski definition) is 5. The molecule has 0 bridgehead atoms. The van der Waals surface area contributed by atoms with Gasteiger partial charge in [0.2, 0.25) is 11.7 Å². The zero-order chi connectivity index (χ0) is 24.0. The molecule has 1 N–H and O–H groups in total. The molecular weight excluding hydrogens is 445 g/mol. The molecule has 7 nitrogen and oxygen atoms in total. The van der Waals surface area contributed by atoms with Crippen molar-refractivity contribution in [2.24, 2.45) is 0 Å². The van der Waals surface area contributed by atoms with Crippen LogP contribution < -0.4 is 10.2 Å². The molecule has 0 aliphatic carbocycles. The maximum absolute atomic E-state index is 13.2. The van der Waals surface area contributed by atoms with E-state index in [0.29, 0.717) is 30.2 Å². The van der Waals surface area contributed by atoms with E-state index in [1.54, 1.807) is 31.1 Å². The Morgan fingerprint density at radius 2 is 1.94 bits per heavy atom. The number of amides is 1. The molecular formula is C24H23F3N6O. The highest BCUT2D eigenvalue weighted by molar-refractivity contribution is 5.94. The van der Waals surface area contributed by atoms with Gasteiger partial charge in [0, 0.05) is 49.6 Å². The fraction of sp³-hybridized carbons (Fsp3) is 0.292. The minimum absolute atomic E-state index is 0.0473. The lowest BCUT2D eigenvalue weighted by atomic mass is 10.0. The minimum atomic E-state index is -4.41. The monoisotopic (exact) mass is 468 g/mol. The summed E-state index contributed by atoms with van der Waals surface area (Å²) in [6, 6.07) is 10.7. The summed E-state index contributed by atoms with van der Waals surface area (Å²) in [6.45, 7) is 3.42. The molecule has 4 aromatic rings. The third-order valence-corrected chi connectivity index (χ3v) is 6.22. The fourth-order valence-electron chi connectivity index (χ4n) is 4.21. The average molecular weight is 468 g/mol. The van der Waals surface area contributed by atoms with Gasteiger partial charge in [-0.3, -0.25) is 9.20 Å². The van der Waals surface area contributed by atoms with Crippen molar-refractivity contribution < 1.29 is 18.0 Å². The number of hydrogen-bond donors (Lipinski definition) is 1. The molecule has 1 aliphatic rings. The number of fused-ring (bicyclic) bond motifs is 3. The summed E-state index contributed by atoms with van der Waals surface area (Å²) in [5.41, 5.74) is 1.53. The first kappa shape index (κ1) is 22.0. The second kappa shape index (κ2) is 8.19. The molecule has 0 radical (unpaired) electrons.